The van der Waals surface area contributed by atoms with Crippen LogP contribution >= 0.6 is 12.2 Å². The number of aromatic nitrogens is 1. The summed E-state index contributed by atoms with van der Waals surface area (Å²) in [5.41, 5.74) is 6.32. The Morgan fingerprint density at radius 3 is 2.69 bits per heavy atom. The molecule has 2 N–H and O–H groups in total. The predicted molar refractivity (Wildman–Crippen MR) is 127 cm³/mol. The zero-order chi connectivity index (χ0) is 20.1. The Hall–Kier alpha value is -3.44. The first-order valence-electron chi connectivity index (χ1n) is 9.48. The van der Waals surface area contributed by atoms with E-state index in [4.69, 9.17) is 12.2 Å². The van der Waals surface area contributed by atoms with Gasteiger partial charge in [0.05, 0.1) is 6.21 Å². The Balaban J connectivity index is 1.59. The van der Waals surface area contributed by atoms with E-state index in [1.807, 2.05) is 6.07 Å². The van der Waals surface area contributed by atoms with E-state index in [1.54, 1.807) is 12.3 Å². The molecule has 1 heterocycles. The Morgan fingerprint density at radius 2 is 1.83 bits per heavy atom. The first-order valence-corrected chi connectivity index (χ1v) is 9.89. The number of hydrogen-bond acceptors (Lipinski definition) is 2. The monoisotopic (exact) mass is 398 g/mol. The van der Waals surface area contributed by atoms with Crippen molar-refractivity contribution in [1.29, 1.82) is 0 Å². The fourth-order valence-corrected chi connectivity index (χ4v) is 3.54. The second kappa shape index (κ2) is 8.71. The normalized spacial score (nSPS) is 11.2. The molecule has 4 aromatic rings. The number of para-hydroxylation sites is 1. The molecule has 3 aromatic carbocycles. The van der Waals surface area contributed by atoms with Gasteiger partial charge in [-0.1, -0.05) is 60.7 Å². The zero-order valence-corrected chi connectivity index (χ0v) is 16.8. The van der Waals surface area contributed by atoms with Crippen LogP contribution in [0.3, 0.4) is 0 Å². The quantitative estimate of drug-likeness (QED) is 0.212. The number of hydrogen-bond donors (Lipinski definition) is 2. The van der Waals surface area contributed by atoms with Gasteiger partial charge in [-0.25, -0.2) is 0 Å². The van der Waals surface area contributed by atoms with Gasteiger partial charge in [-0.2, -0.15) is 5.10 Å². The highest BCUT2D eigenvalue weighted by atomic mass is 32.1. The standard InChI is InChI=1S/C24H22N4S/c1-2-13-25-24(29)27-26-15-21-17-28(23-10-6-5-9-22(21)23)16-18-11-12-19-7-3-4-8-20(19)14-18/h2-12,14-15,17H,1,13,16H2,(H2,25,27,29)/b26-15+. The zero-order valence-electron chi connectivity index (χ0n) is 16.0. The number of thiocarbonyl (C=S) groups is 1. The number of nitrogens with one attached hydrogen (secondary N) is 2. The van der Waals surface area contributed by atoms with Crippen LogP contribution in [0.25, 0.3) is 21.7 Å². The van der Waals surface area contributed by atoms with Crippen molar-refractivity contribution in [3.8, 4) is 0 Å². The molecule has 0 aliphatic rings. The van der Waals surface area contributed by atoms with Gasteiger partial charge < -0.3 is 9.88 Å². The van der Waals surface area contributed by atoms with Crippen LogP contribution in [0.2, 0.25) is 0 Å². The van der Waals surface area contributed by atoms with Crippen LogP contribution in [0.1, 0.15) is 11.1 Å². The maximum absolute atomic E-state index is 5.17. The van der Waals surface area contributed by atoms with Crippen LogP contribution in [0.5, 0.6) is 0 Å². The molecule has 0 saturated carbocycles. The topological polar surface area (TPSA) is 41.4 Å². The van der Waals surface area contributed by atoms with Crippen LogP contribution in [-0.4, -0.2) is 22.4 Å². The van der Waals surface area contributed by atoms with Crippen molar-refractivity contribution in [3.63, 3.8) is 0 Å². The van der Waals surface area contributed by atoms with Crippen LogP contribution in [0, 0.1) is 0 Å². The van der Waals surface area contributed by atoms with Gasteiger partial charge in [-0.3, -0.25) is 5.43 Å². The SMILES string of the molecule is C=CCNC(=S)N/N=C/c1cn(Cc2ccc3ccccc3c2)c2ccccc12. The van der Waals surface area contributed by atoms with E-state index in [1.165, 1.54) is 21.9 Å². The Kier molecular flexibility index (Phi) is 5.68. The molecule has 0 atom stereocenters. The maximum Gasteiger partial charge on any atom is 0.187 e. The molecule has 29 heavy (non-hydrogen) atoms. The third-order valence-electron chi connectivity index (χ3n) is 4.76. The molecule has 0 aliphatic carbocycles. The molecule has 0 bridgehead atoms. The van der Waals surface area contributed by atoms with Gasteiger partial charge in [0, 0.05) is 35.8 Å². The van der Waals surface area contributed by atoms with E-state index in [2.05, 4.69) is 93.9 Å². The molecule has 0 unspecified atom stereocenters. The summed E-state index contributed by atoms with van der Waals surface area (Å²) >= 11 is 5.17. The number of hydrazone groups is 1. The van der Waals surface area contributed by atoms with E-state index in [0.29, 0.717) is 11.7 Å². The Bertz CT molecular complexity index is 1210. The van der Waals surface area contributed by atoms with E-state index in [9.17, 15) is 0 Å². The molecule has 0 amide bonds. The molecule has 1 aromatic heterocycles. The molecule has 0 fully saturated rings. The van der Waals surface area contributed by atoms with Crippen molar-refractivity contribution in [2.75, 3.05) is 6.54 Å². The van der Waals surface area contributed by atoms with Crippen molar-refractivity contribution in [2.45, 2.75) is 6.54 Å². The fourth-order valence-electron chi connectivity index (χ4n) is 3.41. The van der Waals surface area contributed by atoms with Gasteiger partial charge in [0.2, 0.25) is 0 Å². The van der Waals surface area contributed by atoms with Crippen LogP contribution in [0.4, 0.5) is 0 Å². The molecule has 0 radical (unpaired) electrons. The maximum atomic E-state index is 5.17. The van der Waals surface area contributed by atoms with Crippen molar-refractivity contribution < 1.29 is 0 Å². The third-order valence-corrected chi connectivity index (χ3v) is 5.00. The minimum absolute atomic E-state index is 0.473. The van der Waals surface area contributed by atoms with Crippen molar-refractivity contribution in [2.24, 2.45) is 5.10 Å². The summed E-state index contributed by atoms with van der Waals surface area (Å²) in [6.07, 6.45) is 5.68. The minimum atomic E-state index is 0.473. The van der Waals surface area contributed by atoms with E-state index >= 15 is 0 Å². The minimum Gasteiger partial charge on any atom is -0.358 e. The molecule has 0 aliphatic heterocycles. The highest BCUT2D eigenvalue weighted by Gasteiger charge is 2.07. The number of fused-ring (bicyclic) bond motifs is 2. The van der Waals surface area contributed by atoms with Gasteiger partial charge >= 0.3 is 0 Å². The average Bonchev–Trinajstić information content (AvgIpc) is 3.10. The summed E-state index contributed by atoms with van der Waals surface area (Å²) in [5.74, 6) is 0. The van der Waals surface area contributed by atoms with E-state index < -0.39 is 0 Å². The predicted octanol–water partition coefficient (Wildman–Crippen LogP) is 4.83. The highest BCUT2D eigenvalue weighted by Crippen LogP contribution is 2.22. The lowest BCUT2D eigenvalue weighted by Crippen LogP contribution is -2.31. The lowest BCUT2D eigenvalue weighted by molar-refractivity contribution is 0.837. The molecule has 144 valence electrons. The molecule has 0 saturated heterocycles. The van der Waals surface area contributed by atoms with Gasteiger partial charge in [-0.05, 0) is 40.7 Å². The molecule has 5 heteroatoms. The smallest absolute Gasteiger partial charge is 0.187 e. The summed E-state index contributed by atoms with van der Waals surface area (Å²) in [4.78, 5) is 0. The summed E-state index contributed by atoms with van der Waals surface area (Å²) in [6, 6.07) is 23.4. The number of benzene rings is 3. The largest absolute Gasteiger partial charge is 0.358 e. The van der Waals surface area contributed by atoms with E-state index in [0.717, 1.165) is 17.5 Å². The fraction of sp³-hybridized carbons (Fsp3) is 0.0833. The lowest BCUT2D eigenvalue weighted by Gasteiger charge is -2.07. The van der Waals surface area contributed by atoms with Crippen molar-refractivity contribution in [3.05, 3.63) is 96.7 Å². The number of nitrogens with zero attached hydrogens (tertiary/aromatic N) is 2. The van der Waals surface area contributed by atoms with Crippen LogP contribution in [0.15, 0.2) is 90.7 Å². The average molecular weight is 399 g/mol. The van der Waals surface area contributed by atoms with Crippen molar-refractivity contribution >= 4 is 45.2 Å². The van der Waals surface area contributed by atoms with Crippen LogP contribution < -0.4 is 10.7 Å². The van der Waals surface area contributed by atoms with Crippen molar-refractivity contribution in [1.82, 2.24) is 15.3 Å². The number of rotatable bonds is 6. The molecular formula is C24H22N4S. The molecule has 0 spiro atoms. The Labute approximate surface area is 175 Å². The third kappa shape index (κ3) is 4.36. The molecule has 4 rings (SSSR count). The van der Waals surface area contributed by atoms with Gasteiger partial charge in [0.1, 0.15) is 0 Å². The second-order valence-electron chi connectivity index (χ2n) is 6.78. The van der Waals surface area contributed by atoms with Gasteiger partial charge in [-0.15, -0.1) is 6.58 Å². The summed E-state index contributed by atoms with van der Waals surface area (Å²) < 4.78 is 2.26. The molecule has 4 nitrogen and oxygen atoms in total. The second-order valence-corrected chi connectivity index (χ2v) is 7.19. The first kappa shape index (κ1) is 18.9. The van der Waals surface area contributed by atoms with E-state index in [-0.39, 0.29) is 0 Å². The van der Waals surface area contributed by atoms with Gasteiger partial charge in [0.15, 0.2) is 5.11 Å². The highest BCUT2D eigenvalue weighted by molar-refractivity contribution is 7.80. The summed E-state index contributed by atoms with van der Waals surface area (Å²) in [5, 5.41) is 11.4. The Morgan fingerprint density at radius 1 is 1.03 bits per heavy atom. The summed E-state index contributed by atoms with van der Waals surface area (Å²) in [6.45, 7) is 5.06. The van der Waals surface area contributed by atoms with Crippen LogP contribution in [-0.2, 0) is 6.54 Å². The first-order chi connectivity index (χ1) is 14.2. The molecular weight excluding hydrogens is 376 g/mol. The van der Waals surface area contributed by atoms with Gasteiger partial charge in [0.25, 0.3) is 0 Å². The lowest BCUT2D eigenvalue weighted by atomic mass is 10.1. The summed E-state index contributed by atoms with van der Waals surface area (Å²) in [7, 11) is 0.